The minimum absolute atomic E-state index is 0.117. The molecule has 84 valence electrons. The Morgan fingerprint density at radius 2 is 2.00 bits per heavy atom. The van der Waals surface area contributed by atoms with Gasteiger partial charge in [0, 0.05) is 12.5 Å². The Kier molecular flexibility index (Phi) is 7.87. The van der Waals surface area contributed by atoms with E-state index in [0.717, 1.165) is 6.42 Å². The molecule has 0 aromatic heterocycles. The second kappa shape index (κ2) is 8.88. The largest absolute Gasteiger partial charge is 0.456 e. The molecule has 15 heavy (non-hydrogen) atoms. The Balaban J connectivity index is 3.59. The van der Waals surface area contributed by atoms with Gasteiger partial charge in [0.05, 0.1) is 6.61 Å². The van der Waals surface area contributed by atoms with Crippen molar-refractivity contribution in [2.45, 2.75) is 20.3 Å². The second-order valence-corrected chi connectivity index (χ2v) is 2.53. The Morgan fingerprint density at radius 1 is 1.27 bits per heavy atom. The molecule has 0 aliphatic rings. The normalized spacial score (nSPS) is 8.40. The number of hydrogen-bond acceptors (Lipinski definition) is 4. The van der Waals surface area contributed by atoms with E-state index in [0.29, 0.717) is 6.54 Å². The van der Waals surface area contributed by atoms with Crippen LogP contribution in [-0.4, -0.2) is 31.8 Å². The first-order valence-corrected chi connectivity index (χ1v) is 4.77. The van der Waals surface area contributed by atoms with E-state index in [-0.39, 0.29) is 13.2 Å². The zero-order chi connectivity index (χ0) is 11.5. The lowest BCUT2D eigenvalue weighted by molar-refractivity contribution is -0.136. The first-order valence-electron chi connectivity index (χ1n) is 4.77. The number of rotatable bonds is 4. The molecule has 0 radical (unpaired) electrons. The molecule has 0 aromatic carbocycles. The number of ether oxygens (including phenoxy) is 2. The molecule has 0 bridgehead atoms. The van der Waals surface area contributed by atoms with Gasteiger partial charge in [-0.15, -0.1) is 0 Å². The van der Waals surface area contributed by atoms with Gasteiger partial charge in [-0.2, -0.15) is 0 Å². The zero-order valence-corrected chi connectivity index (χ0v) is 8.96. The van der Waals surface area contributed by atoms with Crippen LogP contribution in [0.3, 0.4) is 0 Å². The van der Waals surface area contributed by atoms with Crippen molar-refractivity contribution >= 4 is 12.1 Å². The van der Waals surface area contributed by atoms with Crippen LogP contribution in [0.5, 0.6) is 0 Å². The molecule has 0 unspecified atom stereocenters. The SMILES string of the molecule is CCCNC(=O)OCC#CC(=O)OCC. The molecule has 1 N–H and O–H groups in total. The molecular weight excluding hydrogens is 198 g/mol. The van der Waals surface area contributed by atoms with Gasteiger partial charge in [0.15, 0.2) is 6.61 Å². The summed E-state index contributed by atoms with van der Waals surface area (Å²) < 4.78 is 9.19. The highest BCUT2D eigenvalue weighted by Crippen LogP contribution is 1.79. The summed E-state index contributed by atoms with van der Waals surface area (Å²) in [6.45, 7) is 4.35. The fourth-order valence-electron chi connectivity index (χ4n) is 0.655. The highest BCUT2D eigenvalue weighted by atomic mass is 16.5. The summed E-state index contributed by atoms with van der Waals surface area (Å²) in [7, 11) is 0. The van der Waals surface area contributed by atoms with Crippen molar-refractivity contribution < 1.29 is 19.1 Å². The maximum absolute atomic E-state index is 10.9. The second-order valence-electron chi connectivity index (χ2n) is 2.53. The molecular formula is C10H15NO4. The molecule has 0 fully saturated rings. The minimum atomic E-state index is -0.616. The summed E-state index contributed by atoms with van der Waals surface area (Å²) in [6.07, 6.45) is 0.305. The third kappa shape index (κ3) is 8.63. The third-order valence-corrected chi connectivity index (χ3v) is 1.26. The topological polar surface area (TPSA) is 64.6 Å². The van der Waals surface area contributed by atoms with E-state index in [9.17, 15) is 9.59 Å². The van der Waals surface area contributed by atoms with Crippen LogP contribution in [0, 0.1) is 11.8 Å². The van der Waals surface area contributed by atoms with Crippen LogP contribution in [-0.2, 0) is 14.3 Å². The van der Waals surface area contributed by atoms with Crippen molar-refractivity contribution in [3.05, 3.63) is 0 Å². The summed E-state index contributed by atoms with van der Waals surface area (Å²) in [6, 6.07) is 0. The van der Waals surface area contributed by atoms with E-state index in [1.165, 1.54) is 0 Å². The lowest BCUT2D eigenvalue weighted by Gasteiger charge is -2.01. The van der Waals surface area contributed by atoms with E-state index in [2.05, 4.69) is 26.6 Å². The highest BCUT2D eigenvalue weighted by Gasteiger charge is 1.97. The summed E-state index contributed by atoms with van der Waals surface area (Å²) in [4.78, 5) is 21.6. The van der Waals surface area contributed by atoms with Gasteiger partial charge in [0.25, 0.3) is 0 Å². The fourth-order valence-corrected chi connectivity index (χ4v) is 0.655. The van der Waals surface area contributed by atoms with Gasteiger partial charge < -0.3 is 14.8 Å². The van der Waals surface area contributed by atoms with Crippen LogP contribution < -0.4 is 5.32 Å². The summed E-state index contributed by atoms with van der Waals surface area (Å²) in [5.74, 6) is 3.93. The van der Waals surface area contributed by atoms with Gasteiger partial charge in [0.2, 0.25) is 0 Å². The number of esters is 1. The number of carbonyl (C=O) groups is 2. The predicted molar refractivity (Wildman–Crippen MR) is 54.1 cm³/mol. The Labute approximate surface area is 89.1 Å². The average Bonchev–Trinajstić information content (AvgIpc) is 2.22. The first kappa shape index (κ1) is 13.3. The maximum Gasteiger partial charge on any atom is 0.408 e. The summed E-state index contributed by atoms with van der Waals surface area (Å²) >= 11 is 0. The summed E-state index contributed by atoms with van der Waals surface area (Å²) in [5.41, 5.74) is 0. The van der Waals surface area contributed by atoms with Crippen LogP contribution in [0.1, 0.15) is 20.3 Å². The fraction of sp³-hybridized carbons (Fsp3) is 0.600. The van der Waals surface area contributed by atoms with Gasteiger partial charge in [0.1, 0.15) is 0 Å². The zero-order valence-electron chi connectivity index (χ0n) is 8.96. The van der Waals surface area contributed by atoms with Crippen molar-refractivity contribution in [1.29, 1.82) is 0 Å². The molecule has 1 amide bonds. The standard InChI is InChI=1S/C10H15NO4/c1-3-7-11-10(13)15-8-5-6-9(12)14-4-2/h3-4,7-8H2,1-2H3,(H,11,13). The van der Waals surface area contributed by atoms with Gasteiger partial charge in [-0.1, -0.05) is 6.92 Å². The van der Waals surface area contributed by atoms with E-state index in [1.54, 1.807) is 6.92 Å². The Hall–Kier alpha value is -1.70. The van der Waals surface area contributed by atoms with E-state index in [4.69, 9.17) is 0 Å². The molecule has 0 atom stereocenters. The number of carbonyl (C=O) groups excluding carboxylic acids is 2. The highest BCUT2D eigenvalue weighted by molar-refractivity contribution is 5.88. The van der Waals surface area contributed by atoms with Crippen molar-refractivity contribution in [3.63, 3.8) is 0 Å². The minimum Gasteiger partial charge on any atom is -0.456 e. The van der Waals surface area contributed by atoms with Crippen LogP contribution in [0.15, 0.2) is 0 Å². The van der Waals surface area contributed by atoms with Gasteiger partial charge in [-0.3, -0.25) is 0 Å². The van der Waals surface area contributed by atoms with Gasteiger partial charge >= 0.3 is 12.1 Å². The molecule has 0 aliphatic heterocycles. The molecule has 5 heteroatoms. The van der Waals surface area contributed by atoms with Gasteiger partial charge in [-0.05, 0) is 19.3 Å². The molecule has 0 heterocycles. The number of alkyl carbamates (subject to hydrolysis) is 1. The number of nitrogens with one attached hydrogen (secondary N) is 1. The van der Waals surface area contributed by atoms with Crippen molar-refractivity contribution in [2.75, 3.05) is 19.8 Å². The lowest BCUT2D eigenvalue weighted by Crippen LogP contribution is -2.24. The maximum atomic E-state index is 10.9. The molecule has 0 aliphatic carbocycles. The van der Waals surface area contributed by atoms with Crippen LogP contribution >= 0.6 is 0 Å². The Morgan fingerprint density at radius 3 is 2.60 bits per heavy atom. The molecule has 0 saturated carbocycles. The van der Waals surface area contributed by atoms with Crippen LogP contribution in [0.4, 0.5) is 4.79 Å². The van der Waals surface area contributed by atoms with Crippen LogP contribution in [0.2, 0.25) is 0 Å². The van der Waals surface area contributed by atoms with Crippen molar-refractivity contribution in [3.8, 4) is 11.8 Å². The van der Waals surface area contributed by atoms with Crippen molar-refractivity contribution in [2.24, 2.45) is 0 Å². The predicted octanol–water partition coefficient (Wildman–Crippen LogP) is 0.689. The Bertz CT molecular complexity index is 264. The lowest BCUT2D eigenvalue weighted by atomic mass is 10.5. The first-order chi connectivity index (χ1) is 7.20. The van der Waals surface area contributed by atoms with Crippen molar-refractivity contribution in [1.82, 2.24) is 5.32 Å². The molecule has 5 nitrogen and oxygen atoms in total. The van der Waals surface area contributed by atoms with Crippen LogP contribution in [0.25, 0.3) is 0 Å². The van der Waals surface area contributed by atoms with E-state index in [1.807, 2.05) is 6.92 Å². The monoisotopic (exact) mass is 213 g/mol. The molecule has 0 rings (SSSR count). The van der Waals surface area contributed by atoms with Gasteiger partial charge in [-0.25, -0.2) is 9.59 Å². The number of hydrogen-bond donors (Lipinski definition) is 1. The van der Waals surface area contributed by atoms with E-state index >= 15 is 0 Å². The smallest absolute Gasteiger partial charge is 0.408 e. The third-order valence-electron chi connectivity index (χ3n) is 1.26. The quantitative estimate of drug-likeness (QED) is 0.424. The molecule has 0 aromatic rings. The average molecular weight is 213 g/mol. The molecule has 0 saturated heterocycles. The number of amides is 1. The van der Waals surface area contributed by atoms with E-state index < -0.39 is 12.1 Å². The summed E-state index contributed by atoms with van der Waals surface area (Å²) in [5, 5.41) is 2.50. The molecule has 0 spiro atoms.